The summed E-state index contributed by atoms with van der Waals surface area (Å²) in [4.78, 5) is 20.5. The van der Waals surface area contributed by atoms with Crippen molar-refractivity contribution in [2.75, 3.05) is 0 Å². The van der Waals surface area contributed by atoms with Crippen molar-refractivity contribution in [3.05, 3.63) is 32.8 Å². The first kappa shape index (κ1) is 10.5. The third-order valence-corrected chi connectivity index (χ3v) is 1.93. The molecule has 0 bridgehead atoms. The second-order valence-corrected chi connectivity index (χ2v) is 3.05. The van der Waals surface area contributed by atoms with E-state index < -0.39 is 16.4 Å². The van der Waals surface area contributed by atoms with Crippen LogP contribution in [0.25, 0.3) is 0 Å². The maximum atomic E-state index is 10.9. The highest BCUT2D eigenvalue weighted by Gasteiger charge is 2.19. The normalized spacial score (nSPS) is 9.86. The number of nitro benzene ring substituents is 1. The molecule has 5 nitrogen and oxygen atoms in total. The van der Waals surface area contributed by atoms with Crippen LogP contribution in [-0.2, 0) is 0 Å². The molecule has 0 amide bonds. The summed E-state index contributed by atoms with van der Waals surface area (Å²) in [5.74, 6) is -0.975. The van der Waals surface area contributed by atoms with E-state index >= 15 is 0 Å². The average Bonchev–Trinajstić information content (AvgIpc) is 2.08. The van der Waals surface area contributed by atoms with Gasteiger partial charge in [-0.1, -0.05) is 11.6 Å². The van der Waals surface area contributed by atoms with Crippen LogP contribution in [0.15, 0.2) is 12.1 Å². The van der Waals surface area contributed by atoms with Crippen LogP contribution in [0.4, 0.5) is 5.69 Å². The molecule has 1 aromatic carbocycles. The van der Waals surface area contributed by atoms with Gasteiger partial charge in [0.2, 0.25) is 5.75 Å². The van der Waals surface area contributed by atoms with Crippen LogP contribution < -0.4 is 0 Å². The molecule has 0 heterocycles. The minimum atomic E-state index is -0.798. The summed E-state index contributed by atoms with van der Waals surface area (Å²) >= 11 is 5.50. The van der Waals surface area contributed by atoms with Gasteiger partial charge < -0.3 is 5.11 Å². The van der Waals surface area contributed by atoms with Gasteiger partial charge in [-0.05, 0) is 13.0 Å². The molecule has 1 rings (SSSR count). The van der Waals surface area contributed by atoms with Gasteiger partial charge in [0.05, 0.1) is 9.95 Å². The molecule has 0 fully saturated rings. The van der Waals surface area contributed by atoms with Crippen molar-refractivity contribution in [2.45, 2.75) is 6.92 Å². The van der Waals surface area contributed by atoms with E-state index in [9.17, 15) is 20.0 Å². The maximum Gasteiger partial charge on any atom is 0.313 e. The van der Waals surface area contributed by atoms with Gasteiger partial charge >= 0.3 is 5.69 Å². The number of Topliss-reactive ketones (excluding diaryl/α,β-unsaturated/α-hetero) is 1. The number of hydrogen-bond donors (Lipinski definition) is 1. The van der Waals surface area contributed by atoms with Gasteiger partial charge in [-0.25, -0.2) is 0 Å². The first-order chi connectivity index (χ1) is 6.43. The Kier molecular flexibility index (Phi) is 2.71. The number of carbonyl (C=O) groups excluding carboxylic acids is 1. The highest BCUT2D eigenvalue weighted by atomic mass is 35.5. The molecule has 1 N–H and O–H groups in total. The molecule has 0 saturated heterocycles. The van der Waals surface area contributed by atoms with Gasteiger partial charge in [0.15, 0.2) is 5.78 Å². The van der Waals surface area contributed by atoms with Crippen molar-refractivity contribution in [2.24, 2.45) is 0 Å². The number of nitro groups is 1. The Bertz CT molecular complexity index is 416. The second kappa shape index (κ2) is 3.63. The zero-order valence-electron chi connectivity index (χ0n) is 7.15. The molecule has 0 radical (unpaired) electrons. The molecule has 0 aliphatic rings. The molecule has 0 saturated carbocycles. The summed E-state index contributed by atoms with van der Waals surface area (Å²) in [5, 5.41) is 19.4. The van der Waals surface area contributed by atoms with E-state index in [1.807, 2.05) is 0 Å². The number of phenols is 1. The lowest BCUT2D eigenvalue weighted by atomic mass is 10.1. The highest BCUT2D eigenvalue weighted by molar-refractivity contribution is 6.32. The Morgan fingerprint density at radius 1 is 1.57 bits per heavy atom. The van der Waals surface area contributed by atoms with E-state index in [0.717, 1.165) is 6.07 Å². The van der Waals surface area contributed by atoms with Gasteiger partial charge in [-0.3, -0.25) is 14.9 Å². The van der Waals surface area contributed by atoms with Gasteiger partial charge in [0.1, 0.15) is 0 Å². The lowest BCUT2D eigenvalue weighted by molar-refractivity contribution is -0.385. The topological polar surface area (TPSA) is 80.4 Å². The van der Waals surface area contributed by atoms with Crippen molar-refractivity contribution < 1.29 is 14.8 Å². The Balaban J connectivity index is 3.43. The molecular weight excluding hydrogens is 210 g/mol. The minimum Gasteiger partial charge on any atom is -0.501 e. The molecule has 0 aromatic heterocycles. The van der Waals surface area contributed by atoms with E-state index in [1.54, 1.807) is 0 Å². The van der Waals surface area contributed by atoms with Crippen molar-refractivity contribution in [1.29, 1.82) is 0 Å². The standard InChI is InChI=1S/C8H6ClNO4/c1-4(11)5-2-6(9)8(12)7(3-5)10(13)14/h2-3,12H,1H3. The Hall–Kier alpha value is -1.62. The van der Waals surface area contributed by atoms with E-state index in [-0.39, 0.29) is 16.4 Å². The lowest BCUT2D eigenvalue weighted by Gasteiger charge is -2.00. The van der Waals surface area contributed by atoms with E-state index in [0.29, 0.717) is 0 Å². The molecule has 0 spiro atoms. The van der Waals surface area contributed by atoms with Crippen molar-refractivity contribution in [3.63, 3.8) is 0 Å². The smallest absolute Gasteiger partial charge is 0.313 e. The Morgan fingerprint density at radius 3 is 2.57 bits per heavy atom. The minimum absolute atomic E-state index is 0.0968. The number of carbonyl (C=O) groups is 1. The third-order valence-electron chi connectivity index (χ3n) is 1.65. The Morgan fingerprint density at radius 2 is 2.14 bits per heavy atom. The zero-order valence-corrected chi connectivity index (χ0v) is 7.91. The number of halogens is 1. The van der Waals surface area contributed by atoms with Gasteiger partial charge in [-0.2, -0.15) is 0 Å². The molecule has 6 heteroatoms. The second-order valence-electron chi connectivity index (χ2n) is 2.64. The number of nitrogens with zero attached hydrogens (tertiary/aromatic N) is 1. The molecule has 74 valence electrons. The fourth-order valence-corrected chi connectivity index (χ4v) is 1.14. The van der Waals surface area contributed by atoms with Crippen molar-refractivity contribution >= 4 is 23.1 Å². The summed E-state index contributed by atoms with van der Waals surface area (Å²) < 4.78 is 0. The predicted molar refractivity (Wildman–Crippen MR) is 49.8 cm³/mol. The average molecular weight is 216 g/mol. The molecular formula is C8H6ClNO4. The summed E-state index contributed by atoms with van der Waals surface area (Å²) in [5.41, 5.74) is -0.470. The van der Waals surface area contributed by atoms with Crippen molar-refractivity contribution in [3.8, 4) is 5.75 Å². The van der Waals surface area contributed by atoms with Crippen LogP contribution in [0.5, 0.6) is 5.75 Å². The number of rotatable bonds is 2. The molecule has 1 aromatic rings. The quantitative estimate of drug-likeness (QED) is 0.466. The van der Waals surface area contributed by atoms with Crippen LogP contribution in [0.3, 0.4) is 0 Å². The molecule has 14 heavy (non-hydrogen) atoms. The number of hydrogen-bond acceptors (Lipinski definition) is 4. The fraction of sp³-hybridized carbons (Fsp3) is 0.125. The van der Waals surface area contributed by atoms with Crippen LogP contribution in [0.2, 0.25) is 5.02 Å². The highest BCUT2D eigenvalue weighted by Crippen LogP contribution is 2.34. The van der Waals surface area contributed by atoms with Crippen molar-refractivity contribution in [1.82, 2.24) is 0 Å². The van der Waals surface area contributed by atoms with Gasteiger partial charge in [-0.15, -0.1) is 0 Å². The summed E-state index contributed by atoms with van der Waals surface area (Å²) in [6, 6.07) is 2.18. The number of aromatic hydroxyl groups is 1. The molecule has 0 atom stereocenters. The fourth-order valence-electron chi connectivity index (χ4n) is 0.927. The first-order valence-corrected chi connectivity index (χ1v) is 3.99. The third kappa shape index (κ3) is 1.82. The molecule has 0 aliphatic heterocycles. The molecule has 0 unspecified atom stereocenters. The Labute approximate surface area is 84.1 Å². The number of benzene rings is 1. The lowest BCUT2D eigenvalue weighted by Crippen LogP contribution is -1.96. The van der Waals surface area contributed by atoms with Gasteiger partial charge in [0, 0.05) is 11.6 Å². The van der Waals surface area contributed by atoms with E-state index in [1.165, 1.54) is 13.0 Å². The zero-order chi connectivity index (χ0) is 10.9. The summed E-state index contributed by atoms with van der Waals surface area (Å²) in [6.45, 7) is 1.26. The number of ketones is 1. The first-order valence-electron chi connectivity index (χ1n) is 3.61. The van der Waals surface area contributed by atoms with Crippen LogP contribution in [0, 0.1) is 10.1 Å². The van der Waals surface area contributed by atoms with E-state index in [2.05, 4.69) is 0 Å². The largest absolute Gasteiger partial charge is 0.501 e. The summed E-state index contributed by atoms with van der Waals surface area (Å²) in [7, 11) is 0. The molecule has 0 aliphatic carbocycles. The van der Waals surface area contributed by atoms with Gasteiger partial charge in [0.25, 0.3) is 0 Å². The van der Waals surface area contributed by atoms with Crippen LogP contribution in [0.1, 0.15) is 17.3 Å². The summed E-state index contributed by atoms with van der Waals surface area (Å²) in [6.07, 6.45) is 0. The number of phenolic OH excluding ortho intramolecular Hbond substituents is 1. The van der Waals surface area contributed by atoms with Crippen LogP contribution in [-0.4, -0.2) is 15.8 Å². The van der Waals surface area contributed by atoms with Crippen LogP contribution >= 0.6 is 11.6 Å². The monoisotopic (exact) mass is 215 g/mol. The predicted octanol–water partition coefficient (Wildman–Crippen LogP) is 2.16. The van der Waals surface area contributed by atoms with E-state index in [4.69, 9.17) is 11.6 Å². The maximum absolute atomic E-state index is 10.9. The SMILES string of the molecule is CC(=O)c1cc(Cl)c(O)c([N+](=O)[O-])c1.